The summed E-state index contributed by atoms with van der Waals surface area (Å²) in [7, 11) is 24.4. The van der Waals surface area contributed by atoms with Crippen molar-refractivity contribution in [1.82, 2.24) is 0 Å². The SMILES string of the molecule is BrBr.CI.CSc1ccc2ccccc2c1.CSc1ccc2ccccc2c1/C=C/c1c(C)ccc2ccccc12.CSc1ccc2ccccc2c1Br.CSc1ccc2ccccc2c1C=O.II.Sc1ccc2ccccc2c1.[BH4-].[B]=NS.[Cl][Ti]([Cl])([Cl])[Cl].c1ccc2c(c1)ccc1sc3c(sc4ccc5ccccc5c43)c12. The molecule has 0 fully saturated rings. The molecule has 0 unspecified atom stereocenters. The van der Waals surface area contributed by atoms with Gasteiger partial charge in [0.15, 0.2) is 6.29 Å². The Hall–Kier alpha value is -3.28. The van der Waals surface area contributed by atoms with Gasteiger partial charge in [0.25, 0.3) is 0 Å². The van der Waals surface area contributed by atoms with Gasteiger partial charge in [-0.25, -0.2) is 0 Å². The fourth-order valence-corrected chi connectivity index (χ4v) is 18.7. The molecule has 0 saturated carbocycles. The van der Waals surface area contributed by atoms with Gasteiger partial charge in [0, 0.05) is 120 Å². The number of carbonyl (C=O) groups is 1. The van der Waals surface area contributed by atoms with E-state index in [0.717, 1.165) is 32.4 Å². The second-order valence-electron chi connectivity index (χ2n) is 24.0. The van der Waals surface area contributed by atoms with Crippen molar-refractivity contribution in [3.8, 4) is 0 Å². The van der Waals surface area contributed by atoms with E-state index in [1.165, 1.54) is 141 Å². The number of aryl methyl sites for hydroxylation is 1. The molecule has 581 valence electrons. The van der Waals surface area contributed by atoms with Crippen LogP contribution in [0, 0.1) is 6.92 Å². The Bertz CT molecular complexity index is 6110. The van der Waals surface area contributed by atoms with Gasteiger partial charge < -0.3 is 0 Å². The van der Waals surface area contributed by atoms with Gasteiger partial charge in [0.05, 0.1) is 9.40 Å². The maximum Gasteiger partial charge on any atom is 0.0548 e. The number of benzene rings is 16. The number of rotatable bonds is 7. The van der Waals surface area contributed by atoms with Gasteiger partial charge in [-0.2, -0.15) is 0 Å². The van der Waals surface area contributed by atoms with Gasteiger partial charge in [-0.3, -0.25) is 4.79 Å². The minimum Gasteiger partial charge on any atom is -0.134 e. The van der Waals surface area contributed by atoms with Crippen LogP contribution in [0.1, 0.15) is 27.0 Å². The third-order valence-corrected chi connectivity index (χ3v) is 24.6. The van der Waals surface area contributed by atoms with E-state index in [9.17, 15) is 4.79 Å². The number of thiophene rings is 2. The van der Waals surface area contributed by atoms with E-state index < -0.39 is 12.3 Å². The Morgan fingerprint density at radius 1 is 0.404 bits per heavy atom. The number of fused-ring (bicyclic) bond motifs is 15. The average Bonchev–Trinajstić information content (AvgIpc) is 1.56. The van der Waals surface area contributed by atoms with Crippen LogP contribution < -0.4 is 0 Å². The smallest absolute Gasteiger partial charge is 0.0548 e. The van der Waals surface area contributed by atoms with Crippen LogP contribution in [0.5, 0.6) is 0 Å². The molecule has 1 radical (unpaired) electrons. The van der Waals surface area contributed by atoms with Crippen molar-refractivity contribution >= 4 is 387 Å². The molecule has 0 aliphatic rings. The second-order valence-corrected chi connectivity index (χ2v) is 46.6. The standard InChI is InChI=1S/C24H20S.C22H12S2.C12H10OS.C11H9BrS.C11H10S.C10H8S.CH3I.BHNS.BH4.Br2.4ClH.I2.Ti/c1-17-11-12-18-7-3-5-9-21(18)20(17)14-15-23-22-10-6-4-8-19(22)13-16-24(23)25-2;1-3-7-15-13(5-1)9-11-17-19(15)21-22(23-17)20-16-8-4-2-6-14(16)10-12-18(20)24-21;1-14-12-7-6-9-4-2-3-5-10(9)11(12)8-13;1-13-10-7-6-8-4-2-3-5-9(8)11(10)12;1-12-11-7-6-9-4-2-3-5-10(9)8-11;11-10-6-5-8-3-1-2-4-9(8)7-10;1-2;1-2-3;;1-2;;;;;1-2;/h3-16H,1-2H3;1-12H;2-8H,1H3;2-7H,1H3;2-8H,1H3;1-7,11H;1H3;3H;1H4;;4*1H;;/q;;;;;;;;-1;;;;;;;+4/p-4/b15-14+;;;;;;;;;;;;;;;. The first-order valence-corrected chi connectivity index (χ1v) is 63.2. The van der Waals surface area contributed by atoms with E-state index >= 15 is 0 Å². The molecule has 18 aromatic rings. The zero-order valence-electron chi connectivity index (χ0n) is 61.7. The van der Waals surface area contributed by atoms with E-state index in [4.69, 9.17) is 37.2 Å². The molecule has 16 aromatic carbocycles. The van der Waals surface area contributed by atoms with Crippen LogP contribution in [0.4, 0.5) is 0 Å². The summed E-state index contributed by atoms with van der Waals surface area (Å²) in [6.07, 6.45) is 13.8. The molecule has 23 heteroatoms. The Morgan fingerprint density at radius 3 is 1.12 bits per heavy atom. The molecule has 0 aliphatic heterocycles. The predicted molar refractivity (Wildman–Crippen MR) is 572 cm³/mol. The first-order valence-electron chi connectivity index (χ1n) is 34.3. The van der Waals surface area contributed by atoms with Gasteiger partial charge in [-0.1, -0.05) is 292 Å². The van der Waals surface area contributed by atoms with Crippen molar-refractivity contribution in [2.75, 3.05) is 30.0 Å². The van der Waals surface area contributed by atoms with E-state index in [1.54, 1.807) is 47.0 Å². The number of thiol groups is 2. The van der Waals surface area contributed by atoms with Crippen LogP contribution >= 0.6 is 236 Å². The van der Waals surface area contributed by atoms with Crippen LogP contribution in [0.3, 0.4) is 0 Å². The Kier molecular flexibility index (Phi) is 44.2. The number of carbonyl (C=O) groups excluding carboxylic acids is 1. The summed E-state index contributed by atoms with van der Waals surface area (Å²) in [6.45, 7) is 2.19. The number of thioether (sulfide) groups is 4. The van der Waals surface area contributed by atoms with Crippen molar-refractivity contribution in [1.29, 1.82) is 0 Å². The minimum atomic E-state index is -3.11. The Balaban J connectivity index is 0.000000188. The minimum absolute atomic E-state index is 0. The van der Waals surface area contributed by atoms with Gasteiger partial charge in [0.1, 0.15) is 0 Å². The van der Waals surface area contributed by atoms with Crippen LogP contribution in [0.15, 0.2) is 337 Å². The van der Waals surface area contributed by atoms with Gasteiger partial charge in [-0.15, -0.1) is 82.3 Å². The summed E-state index contributed by atoms with van der Waals surface area (Å²) in [5.74, 6) is 0. The summed E-state index contributed by atoms with van der Waals surface area (Å²) in [4.78, 5) is 18.9. The molecule has 0 spiro atoms. The number of nitrogens with zero attached hydrogens (tertiary/aromatic N) is 1. The summed E-state index contributed by atoms with van der Waals surface area (Å²) in [5, 5.41) is 23.3. The number of hydrogen-bond donors (Lipinski definition) is 2. The maximum atomic E-state index is 11.0. The number of alkyl halides is 1. The number of hydrogen-bond acceptors (Lipinski definition) is 10. The third kappa shape index (κ3) is 27.1. The maximum absolute atomic E-state index is 11.0. The van der Waals surface area contributed by atoms with Crippen LogP contribution in [-0.4, -0.2) is 52.3 Å². The van der Waals surface area contributed by atoms with E-state index in [-0.39, 0.29) is 8.41 Å². The molecular formula is C91H77B2Br3Cl4I3NOS8Ti-. The molecular weight excluding hydrogens is 2210 g/mol. The predicted octanol–water partition coefficient (Wildman–Crippen LogP) is 35.2. The zero-order valence-corrected chi connectivity index (χ0v) is 84.2. The summed E-state index contributed by atoms with van der Waals surface area (Å²) >= 11 is 30.7. The van der Waals surface area contributed by atoms with Crippen molar-refractivity contribution in [3.05, 3.63) is 330 Å². The summed E-state index contributed by atoms with van der Waals surface area (Å²) < 4.78 is 9.57. The van der Waals surface area contributed by atoms with Gasteiger partial charge in [-0.05, 0) is 210 Å². The average molecular weight is 2290 g/mol. The fraction of sp³-hybridized carbons (Fsp3) is 0.0659. The molecule has 18 rings (SSSR count). The topological polar surface area (TPSA) is 29.4 Å². The third-order valence-electron chi connectivity index (χ3n) is 17.6. The largest absolute Gasteiger partial charge is 0.134 e. The molecule has 114 heavy (non-hydrogen) atoms. The van der Waals surface area contributed by atoms with Gasteiger partial charge in [0.2, 0.25) is 0 Å². The van der Waals surface area contributed by atoms with Crippen molar-refractivity contribution in [2.24, 2.45) is 4.30 Å². The summed E-state index contributed by atoms with van der Waals surface area (Å²) in [5.41, 5.74) is 4.72. The van der Waals surface area contributed by atoms with Gasteiger partial charge >= 0.3 is 74.3 Å². The molecule has 2 aromatic heterocycles. The van der Waals surface area contributed by atoms with E-state index in [1.807, 2.05) is 88.5 Å². The van der Waals surface area contributed by atoms with Crippen molar-refractivity contribution < 1.29 is 17.1 Å². The molecule has 0 amide bonds. The quantitative estimate of drug-likeness (QED) is 0.0316. The van der Waals surface area contributed by atoms with Crippen LogP contribution in [-0.2, 0) is 12.3 Å². The Morgan fingerprint density at radius 2 is 0.702 bits per heavy atom. The molecule has 0 atom stereocenters. The monoisotopic (exact) mass is 2280 g/mol. The zero-order chi connectivity index (χ0) is 81.4. The fourth-order valence-electron chi connectivity index (χ4n) is 12.6. The number of halogens is 10. The van der Waals surface area contributed by atoms with E-state index in [2.05, 4.69) is 428 Å². The Labute approximate surface area is 788 Å². The van der Waals surface area contributed by atoms with Crippen LogP contribution in [0.25, 0.3) is 128 Å². The van der Waals surface area contributed by atoms with Crippen molar-refractivity contribution in [3.63, 3.8) is 0 Å². The van der Waals surface area contributed by atoms with Crippen LogP contribution in [0.2, 0.25) is 0 Å². The molecule has 0 N–H and O–H groups in total. The number of aldehydes is 1. The van der Waals surface area contributed by atoms with Crippen molar-refractivity contribution in [2.45, 2.75) is 31.4 Å². The molecule has 0 saturated heterocycles. The van der Waals surface area contributed by atoms with E-state index in [0.29, 0.717) is 0 Å². The second kappa shape index (κ2) is 51.5. The molecule has 0 aliphatic carbocycles. The summed E-state index contributed by atoms with van der Waals surface area (Å²) in [6, 6.07) is 107. The first kappa shape index (κ1) is 97.8. The molecule has 0 bridgehead atoms. The normalized spacial score (nSPS) is 10.5. The molecule has 2 nitrogen and oxygen atoms in total. The molecule has 2 heterocycles. The first-order chi connectivity index (χ1) is 55.0.